The number of unbranched alkanes of at least 4 members (excludes halogenated alkanes) is 1. The minimum absolute atomic E-state index is 0.214. The SMILES string of the molecule is CCCCC(C)n1c(CCCl)nc2ccc(F)cc21. The Hall–Kier alpha value is -1.09. The van der Waals surface area contributed by atoms with Crippen LogP contribution in [0.15, 0.2) is 18.2 Å². The molecule has 0 fully saturated rings. The molecule has 0 amide bonds. The van der Waals surface area contributed by atoms with Crippen LogP contribution in [0.1, 0.15) is 45.0 Å². The van der Waals surface area contributed by atoms with Crippen LogP contribution in [0.25, 0.3) is 11.0 Å². The number of benzene rings is 1. The molecule has 1 atom stereocenters. The highest BCUT2D eigenvalue weighted by Gasteiger charge is 2.15. The summed E-state index contributed by atoms with van der Waals surface area (Å²) in [7, 11) is 0. The van der Waals surface area contributed by atoms with Crippen LogP contribution in [0.4, 0.5) is 4.39 Å². The van der Waals surface area contributed by atoms with Crippen LogP contribution in [-0.4, -0.2) is 15.4 Å². The first kappa shape index (κ1) is 14.3. The monoisotopic (exact) mass is 282 g/mol. The highest BCUT2D eigenvalue weighted by atomic mass is 35.5. The van der Waals surface area contributed by atoms with Gasteiger partial charge in [0.1, 0.15) is 11.6 Å². The summed E-state index contributed by atoms with van der Waals surface area (Å²) in [6.07, 6.45) is 4.12. The van der Waals surface area contributed by atoms with E-state index in [4.69, 9.17) is 11.6 Å². The maximum Gasteiger partial charge on any atom is 0.125 e. The smallest absolute Gasteiger partial charge is 0.125 e. The summed E-state index contributed by atoms with van der Waals surface area (Å²) >= 11 is 5.85. The molecule has 104 valence electrons. The predicted octanol–water partition coefficient (Wildman–Crippen LogP) is 4.71. The summed E-state index contributed by atoms with van der Waals surface area (Å²) in [5, 5.41) is 0. The topological polar surface area (TPSA) is 17.8 Å². The molecular formula is C15H20ClFN2. The summed E-state index contributed by atoms with van der Waals surface area (Å²) in [4.78, 5) is 4.58. The standard InChI is InChI=1S/C15H20ClFN2/c1-3-4-5-11(2)19-14-10-12(17)6-7-13(14)18-15(19)8-9-16/h6-7,10-11H,3-5,8-9H2,1-2H3. The molecule has 2 rings (SSSR count). The van der Waals surface area contributed by atoms with Crippen molar-refractivity contribution in [2.24, 2.45) is 0 Å². The lowest BCUT2D eigenvalue weighted by Gasteiger charge is -2.17. The molecule has 1 heterocycles. The van der Waals surface area contributed by atoms with Crippen molar-refractivity contribution in [1.29, 1.82) is 0 Å². The summed E-state index contributed by atoms with van der Waals surface area (Å²) in [5.41, 5.74) is 1.73. The molecule has 0 radical (unpaired) electrons. The Morgan fingerprint density at radius 2 is 2.21 bits per heavy atom. The van der Waals surface area contributed by atoms with Crippen LogP contribution < -0.4 is 0 Å². The fourth-order valence-corrected chi connectivity index (χ4v) is 2.67. The zero-order valence-electron chi connectivity index (χ0n) is 11.5. The van der Waals surface area contributed by atoms with Gasteiger partial charge in [0.05, 0.1) is 11.0 Å². The van der Waals surface area contributed by atoms with Gasteiger partial charge in [-0.1, -0.05) is 19.8 Å². The maximum atomic E-state index is 13.5. The first-order valence-corrected chi connectivity index (χ1v) is 7.43. The third kappa shape index (κ3) is 3.08. The minimum atomic E-state index is -0.214. The van der Waals surface area contributed by atoms with Gasteiger partial charge in [0.2, 0.25) is 0 Å². The van der Waals surface area contributed by atoms with E-state index in [1.165, 1.54) is 6.07 Å². The Kier molecular flexibility index (Phi) is 4.81. The molecule has 0 bridgehead atoms. The van der Waals surface area contributed by atoms with Crippen LogP contribution in [0, 0.1) is 5.82 Å². The van der Waals surface area contributed by atoms with E-state index in [-0.39, 0.29) is 5.82 Å². The average Bonchev–Trinajstić information content (AvgIpc) is 2.73. The van der Waals surface area contributed by atoms with Crippen molar-refractivity contribution >= 4 is 22.6 Å². The van der Waals surface area contributed by atoms with Gasteiger partial charge in [-0.2, -0.15) is 0 Å². The molecule has 0 aliphatic rings. The van der Waals surface area contributed by atoms with E-state index in [1.807, 2.05) is 0 Å². The molecular weight excluding hydrogens is 263 g/mol. The van der Waals surface area contributed by atoms with Gasteiger partial charge in [0.15, 0.2) is 0 Å². The number of rotatable bonds is 6. The Balaban J connectivity index is 2.46. The van der Waals surface area contributed by atoms with E-state index in [0.29, 0.717) is 18.3 Å². The van der Waals surface area contributed by atoms with Crippen molar-refractivity contribution in [2.45, 2.75) is 45.6 Å². The number of aromatic nitrogens is 2. The van der Waals surface area contributed by atoms with Crippen LogP contribution in [-0.2, 0) is 6.42 Å². The molecule has 2 aromatic rings. The highest BCUT2D eigenvalue weighted by Crippen LogP contribution is 2.25. The summed E-state index contributed by atoms with van der Waals surface area (Å²) in [6, 6.07) is 5.10. The molecule has 0 spiro atoms. The third-order valence-corrected chi connectivity index (χ3v) is 3.65. The number of halogens is 2. The van der Waals surface area contributed by atoms with Gasteiger partial charge in [-0.15, -0.1) is 11.6 Å². The maximum absolute atomic E-state index is 13.5. The van der Waals surface area contributed by atoms with E-state index in [1.54, 1.807) is 12.1 Å². The van der Waals surface area contributed by atoms with Crippen molar-refractivity contribution in [2.75, 3.05) is 5.88 Å². The molecule has 0 aliphatic carbocycles. The van der Waals surface area contributed by atoms with Gasteiger partial charge in [0.25, 0.3) is 0 Å². The molecule has 2 nitrogen and oxygen atoms in total. The van der Waals surface area contributed by atoms with E-state index in [2.05, 4.69) is 23.4 Å². The lowest BCUT2D eigenvalue weighted by Crippen LogP contribution is -2.10. The van der Waals surface area contributed by atoms with Gasteiger partial charge in [-0.05, 0) is 31.5 Å². The van der Waals surface area contributed by atoms with Crippen LogP contribution in [0.5, 0.6) is 0 Å². The van der Waals surface area contributed by atoms with Crippen LogP contribution in [0.3, 0.4) is 0 Å². The molecule has 0 saturated heterocycles. The summed E-state index contributed by atoms with van der Waals surface area (Å²) < 4.78 is 15.6. The average molecular weight is 283 g/mol. The zero-order valence-corrected chi connectivity index (χ0v) is 12.3. The second kappa shape index (κ2) is 6.38. The van der Waals surface area contributed by atoms with Crippen molar-refractivity contribution in [3.8, 4) is 0 Å². The Morgan fingerprint density at radius 1 is 1.42 bits per heavy atom. The van der Waals surface area contributed by atoms with Crippen molar-refractivity contribution in [3.05, 3.63) is 29.8 Å². The molecule has 0 aliphatic heterocycles. The van der Waals surface area contributed by atoms with E-state index in [0.717, 1.165) is 36.1 Å². The molecule has 0 saturated carbocycles. The number of hydrogen-bond acceptors (Lipinski definition) is 1. The Bertz CT molecular complexity index is 550. The fourth-order valence-electron chi connectivity index (χ4n) is 2.50. The first-order valence-electron chi connectivity index (χ1n) is 6.89. The zero-order chi connectivity index (χ0) is 13.8. The lowest BCUT2D eigenvalue weighted by molar-refractivity contribution is 0.481. The van der Waals surface area contributed by atoms with Crippen molar-refractivity contribution in [3.63, 3.8) is 0 Å². The van der Waals surface area contributed by atoms with E-state index < -0.39 is 0 Å². The molecule has 0 N–H and O–H groups in total. The highest BCUT2D eigenvalue weighted by molar-refractivity contribution is 6.17. The molecule has 1 aromatic heterocycles. The van der Waals surface area contributed by atoms with Gasteiger partial charge in [0, 0.05) is 18.3 Å². The van der Waals surface area contributed by atoms with Gasteiger partial charge in [-0.25, -0.2) is 9.37 Å². The fraction of sp³-hybridized carbons (Fsp3) is 0.533. The summed E-state index contributed by atoms with van der Waals surface area (Å²) in [6.45, 7) is 4.34. The van der Waals surface area contributed by atoms with Crippen LogP contribution in [0.2, 0.25) is 0 Å². The van der Waals surface area contributed by atoms with E-state index in [9.17, 15) is 4.39 Å². The minimum Gasteiger partial charge on any atom is -0.325 e. The quantitative estimate of drug-likeness (QED) is 0.702. The number of fused-ring (bicyclic) bond motifs is 1. The van der Waals surface area contributed by atoms with Crippen molar-refractivity contribution in [1.82, 2.24) is 9.55 Å². The number of alkyl halides is 1. The molecule has 1 aromatic carbocycles. The number of nitrogens with zero attached hydrogens (tertiary/aromatic N) is 2. The van der Waals surface area contributed by atoms with Crippen LogP contribution >= 0.6 is 11.6 Å². The Labute approximate surface area is 118 Å². The molecule has 4 heteroatoms. The lowest BCUT2D eigenvalue weighted by atomic mass is 10.1. The van der Waals surface area contributed by atoms with Gasteiger partial charge in [-0.3, -0.25) is 0 Å². The second-order valence-corrected chi connectivity index (χ2v) is 5.34. The van der Waals surface area contributed by atoms with Gasteiger partial charge < -0.3 is 4.57 Å². The largest absolute Gasteiger partial charge is 0.325 e. The van der Waals surface area contributed by atoms with E-state index >= 15 is 0 Å². The normalized spacial score (nSPS) is 13.1. The number of aryl methyl sites for hydroxylation is 1. The van der Waals surface area contributed by atoms with Gasteiger partial charge >= 0.3 is 0 Å². The summed E-state index contributed by atoms with van der Waals surface area (Å²) in [5.74, 6) is 1.28. The third-order valence-electron chi connectivity index (χ3n) is 3.46. The number of imidazole rings is 1. The van der Waals surface area contributed by atoms with Crippen molar-refractivity contribution < 1.29 is 4.39 Å². The Morgan fingerprint density at radius 3 is 2.89 bits per heavy atom. The second-order valence-electron chi connectivity index (χ2n) is 4.96. The predicted molar refractivity (Wildman–Crippen MR) is 78.4 cm³/mol. The number of hydrogen-bond donors (Lipinski definition) is 0. The molecule has 1 unspecified atom stereocenters. The first-order chi connectivity index (χ1) is 9.17. The molecule has 19 heavy (non-hydrogen) atoms.